The molecule has 1 aromatic rings. The number of ether oxygens (including phenoxy) is 1. The summed E-state index contributed by atoms with van der Waals surface area (Å²) in [5.74, 6) is 4.67. The Balaban J connectivity index is 1.23. The number of benzene rings is 1. The van der Waals surface area contributed by atoms with E-state index in [-0.39, 0.29) is 12.1 Å². The molecule has 8 atom stereocenters. The fourth-order valence-corrected chi connectivity index (χ4v) is 9.39. The molecule has 0 radical (unpaired) electrons. The van der Waals surface area contributed by atoms with Gasteiger partial charge in [-0.2, -0.15) is 0 Å². The van der Waals surface area contributed by atoms with Crippen LogP contribution in [0.3, 0.4) is 0 Å². The Kier molecular flexibility index (Phi) is 7.45. The second-order valence-corrected chi connectivity index (χ2v) is 13.9. The fourth-order valence-electron chi connectivity index (χ4n) is 9.39. The number of rotatable bonds is 7. The number of carbonyl (C=O) groups is 1. The van der Waals surface area contributed by atoms with Crippen molar-refractivity contribution in [2.75, 3.05) is 0 Å². The van der Waals surface area contributed by atoms with Crippen molar-refractivity contribution < 1.29 is 9.53 Å². The first-order valence-electron chi connectivity index (χ1n) is 15.2. The van der Waals surface area contributed by atoms with E-state index >= 15 is 0 Å². The molecular formula is C34H50O2. The lowest BCUT2D eigenvalue weighted by atomic mass is 9.45. The highest BCUT2D eigenvalue weighted by atomic mass is 16.5. The number of esters is 1. The molecule has 0 spiro atoms. The molecule has 198 valence electrons. The van der Waals surface area contributed by atoms with Gasteiger partial charge in [0.2, 0.25) is 0 Å². The van der Waals surface area contributed by atoms with Crippen LogP contribution in [0.2, 0.25) is 0 Å². The van der Waals surface area contributed by atoms with Gasteiger partial charge < -0.3 is 4.74 Å². The van der Waals surface area contributed by atoms with E-state index in [2.05, 4.69) is 40.7 Å². The number of hydrogen-bond donors (Lipinski definition) is 0. The molecule has 0 bridgehead atoms. The van der Waals surface area contributed by atoms with Gasteiger partial charge in [0.25, 0.3) is 0 Å². The van der Waals surface area contributed by atoms with E-state index in [9.17, 15) is 4.79 Å². The molecule has 8 unspecified atom stereocenters. The van der Waals surface area contributed by atoms with Gasteiger partial charge in [0.05, 0.1) is 5.56 Å². The van der Waals surface area contributed by atoms with Crippen LogP contribution in [0.4, 0.5) is 0 Å². The van der Waals surface area contributed by atoms with Crippen molar-refractivity contribution in [1.82, 2.24) is 0 Å². The number of hydrogen-bond acceptors (Lipinski definition) is 2. The van der Waals surface area contributed by atoms with Crippen LogP contribution in [0.5, 0.6) is 0 Å². The van der Waals surface area contributed by atoms with Gasteiger partial charge >= 0.3 is 5.97 Å². The molecule has 4 aliphatic rings. The van der Waals surface area contributed by atoms with E-state index in [0.717, 1.165) is 42.4 Å². The number of allylic oxidation sites excluding steroid dienone is 2. The summed E-state index contributed by atoms with van der Waals surface area (Å²) in [7, 11) is 0. The molecule has 0 saturated heterocycles. The van der Waals surface area contributed by atoms with Crippen molar-refractivity contribution >= 4 is 5.97 Å². The molecule has 1 aromatic carbocycles. The number of carbonyl (C=O) groups excluding carboxylic acids is 1. The molecule has 36 heavy (non-hydrogen) atoms. The molecule has 2 heteroatoms. The highest BCUT2D eigenvalue weighted by Gasteiger charge is 2.58. The topological polar surface area (TPSA) is 26.3 Å². The summed E-state index contributed by atoms with van der Waals surface area (Å²) in [6.07, 6.45) is 17.0. The maximum atomic E-state index is 12.7. The minimum atomic E-state index is -0.143. The SMILES string of the molecule is CC(C)CCCC(C)C1CC=C2C3CCC4CC(OC(=O)c5ccccc5)CCC4(C)C3CCC21C. The monoisotopic (exact) mass is 490 g/mol. The van der Waals surface area contributed by atoms with Crippen molar-refractivity contribution in [3.63, 3.8) is 0 Å². The van der Waals surface area contributed by atoms with E-state index < -0.39 is 0 Å². The summed E-state index contributed by atoms with van der Waals surface area (Å²) in [5.41, 5.74) is 3.38. The van der Waals surface area contributed by atoms with Crippen molar-refractivity contribution in [1.29, 1.82) is 0 Å². The van der Waals surface area contributed by atoms with Crippen molar-refractivity contribution in [2.24, 2.45) is 46.3 Å². The van der Waals surface area contributed by atoms with Crippen molar-refractivity contribution in [3.8, 4) is 0 Å². The molecule has 2 nitrogen and oxygen atoms in total. The smallest absolute Gasteiger partial charge is 0.338 e. The summed E-state index contributed by atoms with van der Waals surface area (Å²) < 4.78 is 6.03. The van der Waals surface area contributed by atoms with Gasteiger partial charge in [0, 0.05) is 0 Å². The predicted molar refractivity (Wildman–Crippen MR) is 149 cm³/mol. The van der Waals surface area contributed by atoms with Crippen molar-refractivity contribution in [2.45, 2.75) is 111 Å². The zero-order valence-corrected chi connectivity index (χ0v) is 23.6. The molecular weight excluding hydrogens is 440 g/mol. The zero-order chi connectivity index (χ0) is 25.5. The quantitative estimate of drug-likeness (QED) is 0.281. The van der Waals surface area contributed by atoms with Gasteiger partial charge in [-0.05, 0) is 110 Å². The van der Waals surface area contributed by atoms with Gasteiger partial charge in [-0.25, -0.2) is 4.79 Å². The zero-order valence-electron chi connectivity index (χ0n) is 23.6. The van der Waals surface area contributed by atoms with Crippen LogP contribution >= 0.6 is 0 Å². The van der Waals surface area contributed by atoms with E-state index in [0.29, 0.717) is 22.3 Å². The lowest BCUT2D eigenvalue weighted by molar-refractivity contribution is -0.0899. The van der Waals surface area contributed by atoms with Crippen LogP contribution in [0, 0.1) is 46.3 Å². The minimum Gasteiger partial charge on any atom is -0.459 e. The Labute approximate surface area is 220 Å². The van der Waals surface area contributed by atoms with Crippen LogP contribution in [-0.4, -0.2) is 12.1 Å². The third-order valence-electron chi connectivity index (χ3n) is 11.5. The molecule has 3 saturated carbocycles. The Morgan fingerprint density at radius 2 is 1.78 bits per heavy atom. The molecule has 4 aliphatic carbocycles. The predicted octanol–water partition coefficient (Wildman–Crippen LogP) is 9.25. The average Bonchev–Trinajstić information content (AvgIpc) is 3.22. The Morgan fingerprint density at radius 1 is 1.00 bits per heavy atom. The maximum absolute atomic E-state index is 12.7. The van der Waals surface area contributed by atoms with Crippen LogP contribution in [0.15, 0.2) is 42.0 Å². The van der Waals surface area contributed by atoms with Gasteiger partial charge in [0.1, 0.15) is 6.10 Å². The third kappa shape index (κ3) is 4.71. The maximum Gasteiger partial charge on any atom is 0.338 e. The lowest BCUT2D eigenvalue weighted by Crippen LogP contribution is -2.52. The Bertz CT molecular complexity index is 947. The minimum absolute atomic E-state index is 0.0861. The molecule has 0 aliphatic heterocycles. The highest BCUT2D eigenvalue weighted by Crippen LogP contribution is 2.66. The van der Waals surface area contributed by atoms with Gasteiger partial charge in [-0.3, -0.25) is 0 Å². The summed E-state index contributed by atoms with van der Waals surface area (Å²) in [4.78, 5) is 12.7. The van der Waals surface area contributed by atoms with Crippen molar-refractivity contribution in [3.05, 3.63) is 47.5 Å². The Morgan fingerprint density at radius 3 is 2.53 bits per heavy atom. The first-order valence-corrected chi connectivity index (χ1v) is 15.2. The van der Waals surface area contributed by atoms with E-state index in [1.165, 1.54) is 57.8 Å². The van der Waals surface area contributed by atoms with E-state index in [1.807, 2.05) is 35.9 Å². The largest absolute Gasteiger partial charge is 0.459 e. The molecule has 5 rings (SSSR count). The normalized spacial score (nSPS) is 38.5. The first-order chi connectivity index (χ1) is 17.2. The lowest BCUT2D eigenvalue weighted by Gasteiger charge is -2.60. The fraction of sp³-hybridized carbons (Fsp3) is 0.735. The average molecular weight is 491 g/mol. The summed E-state index contributed by atoms with van der Waals surface area (Å²) in [5, 5.41) is 0. The summed E-state index contributed by atoms with van der Waals surface area (Å²) >= 11 is 0. The van der Waals surface area contributed by atoms with Gasteiger partial charge in [-0.15, -0.1) is 0 Å². The molecule has 0 N–H and O–H groups in total. The third-order valence-corrected chi connectivity index (χ3v) is 11.5. The van der Waals surface area contributed by atoms with Gasteiger partial charge in [0.15, 0.2) is 0 Å². The number of fused-ring (bicyclic) bond motifs is 5. The molecule has 0 heterocycles. The Hall–Kier alpha value is -1.57. The summed E-state index contributed by atoms with van der Waals surface area (Å²) in [6.45, 7) is 12.5. The summed E-state index contributed by atoms with van der Waals surface area (Å²) in [6, 6.07) is 9.52. The van der Waals surface area contributed by atoms with E-state index in [4.69, 9.17) is 4.74 Å². The van der Waals surface area contributed by atoms with Crippen LogP contribution in [0.1, 0.15) is 116 Å². The second kappa shape index (κ2) is 10.3. The van der Waals surface area contributed by atoms with E-state index in [1.54, 1.807) is 0 Å². The highest BCUT2D eigenvalue weighted by molar-refractivity contribution is 5.89. The van der Waals surface area contributed by atoms with Crippen LogP contribution in [0.25, 0.3) is 0 Å². The van der Waals surface area contributed by atoms with Crippen LogP contribution in [-0.2, 0) is 4.74 Å². The molecule has 0 amide bonds. The van der Waals surface area contributed by atoms with Crippen LogP contribution < -0.4 is 0 Å². The second-order valence-electron chi connectivity index (χ2n) is 13.9. The standard InChI is InChI=1S/C34H50O2/c1-23(2)10-9-11-24(3)29-16-17-30-28-15-14-26-22-27(36-32(35)25-12-7-6-8-13-25)18-20-33(26,4)31(28)19-21-34(29,30)5/h6-8,12-13,17,23-24,26-29,31H,9-11,14-16,18-22H2,1-5H3. The van der Waals surface area contributed by atoms with Gasteiger partial charge in [-0.1, -0.05) is 83.7 Å². The molecule has 3 fully saturated rings. The molecule has 0 aromatic heterocycles. The first kappa shape index (κ1) is 26.1.